The third kappa shape index (κ3) is 5.48. The van der Waals surface area contributed by atoms with Crippen molar-refractivity contribution in [1.29, 1.82) is 0 Å². The van der Waals surface area contributed by atoms with Crippen molar-refractivity contribution in [2.45, 2.75) is 32.0 Å². The molecule has 0 unspecified atom stereocenters. The topological polar surface area (TPSA) is 117 Å². The van der Waals surface area contributed by atoms with Crippen LogP contribution in [0.3, 0.4) is 0 Å². The van der Waals surface area contributed by atoms with Gasteiger partial charge in [0, 0.05) is 55.9 Å². The number of aryl methyl sites for hydroxylation is 1. The lowest BCUT2D eigenvalue weighted by Gasteiger charge is -2.35. The number of carbonyl (C=O) groups excluding carboxylic acids is 1. The molecule has 1 amide bonds. The van der Waals surface area contributed by atoms with Gasteiger partial charge in [-0.25, -0.2) is 4.52 Å². The number of rotatable bonds is 7. The lowest BCUT2D eigenvalue weighted by Crippen LogP contribution is -2.47. The molecule has 0 bridgehead atoms. The van der Waals surface area contributed by atoms with Crippen LogP contribution in [-0.2, 0) is 0 Å². The van der Waals surface area contributed by atoms with Crippen molar-refractivity contribution < 1.29 is 23.1 Å². The van der Waals surface area contributed by atoms with Gasteiger partial charge in [-0.1, -0.05) is 12.1 Å². The highest BCUT2D eigenvalue weighted by molar-refractivity contribution is 6.09. The second-order valence-corrected chi connectivity index (χ2v) is 10.6. The van der Waals surface area contributed by atoms with E-state index in [9.17, 15) is 23.1 Å². The molecule has 1 aliphatic carbocycles. The summed E-state index contributed by atoms with van der Waals surface area (Å²) in [7, 11) is 0. The maximum absolute atomic E-state index is 13.4. The summed E-state index contributed by atoms with van der Waals surface area (Å²) >= 11 is 0. The number of nitrogens with zero attached hydrogens (tertiary/aromatic N) is 8. The van der Waals surface area contributed by atoms with Gasteiger partial charge in [-0.15, -0.1) is 10.2 Å². The van der Waals surface area contributed by atoms with Gasteiger partial charge in [0.1, 0.15) is 0 Å². The van der Waals surface area contributed by atoms with E-state index >= 15 is 0 Å². The molecule has 0 radical (unpaired) electrons. The summed E-state index contributed by atoms with van der Waals surface area (Å²) < 4.78 is 40.2. The molecule has 1 aliphatic heterocycles. The van der Waals surface area contributed by atoms with E-state index in [0.29, 0.717) is 28.9 Å². The van der Waals surface area contributed by atoms with Crippen LogP contribution in [0.4, 0.5) is 24.5 Å². The van der Waals surface area contributed by atoms with Gasteiger partial charge in [-0.05, 0) is 48.7 Å². The van der Waals surface area contributed by atoms with Crippen LogP contribution in [0.25, 0.3) is 16.9 Å². The Morgan fingerprint density at radius 1 is 1.12 bits per heavy atom. The number of pyridine rings is 1. The molecule has 0 atom stereocenters. The summed E-state index contributed by atoms with van der Waals surface area (Å²) in [6, 6.07) is 8.84. The van der Waals surface area contributed by atoms with Crippen LogP contribution in [0.1, 0.15) is 34.8 Å². The van der Waals surface area contributed by atoms with Gasteiger partial charge in [-0.3, -0.25) is 9.69 Å². The molecular formula is C27H30F3N9O2. The fraction of sp³-hybridized carbons (Fsp3) is 0.444. The predicted octanol–water partition coefficient (Wildman–Crippen LogP) is 3.18. The highest BCUT2D eigenvalue weighted by Gasteiger charge is 2.49. The molecule has 1 saturated heterocycles. The number of nitrogens with one attached hydrogen (secondary N) is 1. The molecule has 41 heavy (non-hydrogen) atoms. The van der Waals surface area contributed by atoms with E-state index in [0.717, 1.165) is 37.4 Å². The van der Waals surface area contributed by atoms with Crippen molar-refractivity contribution >= 4 is 22.8 Å². The smallest absolute Gasteiger partial charge is 0.391 e. The van der Waals surface area contributed by atoms with E-state index in [1.54, 1.807) is 16.6 Å². The van der Waals surface area contributed by atoms with Crippen molar-refractivity contribution in [3.63, 3.8) is 0 Å². The molecule has 2 fully saturated rings. The number of hydrogen-bond acceptors (Lipinski definition) is 8. The van der Waals surface area contributed by atoms with Gasteiger partial charge in [0.05, 0.1) is 35.8 Å². The third-order valence-corrected chi connectivity index (χ3v) is 7.98. The molecule has 0 spiro atoms. The number of amides is 1. The number of benzene rings is 1. The standard InChI is InChI=1S/C27H30F3N9O2/c1-17-2-3-18(25-33-35-39(34-25)21-13-19(14-21)27(28,29)30)12-23(17)32-26(41)22-16-31-38-5-4-20(15-24(22)38)37-8-6-36(7-9-37)10-11-40/h2-5,12,15-16,19,21,40H,6-11,13-14H2,1H3,(H,32,41). The molecule has 1 aromatic carbocycles. The largest absolute Gasteiger partial charge is 0.395 e. The monoisotopic (exact) mass is 569 g/mol. The number of aromatic nitrogens is 6. The highest BCUT2D eigenvalue weighted by atomic mass is 19.4. The first-order chi connectivity index (χ1) is 19.7. The maximum Gasteiger partial charge on any atom is 0.391 e. The van der Waals surface area contributed by atoms with E-state index in [-0.39, 0.29) is 31.2 Å². The number of anilines is 2. The summed E-state index contributed by atoms with van der Waals surface area (Å²) in [5.74, 6) is -1.38. The van der Waals surface area contributed by atoms with E-state index < -0.39 is 18.1 Å². The third-order valence-electron chi connectivity index (χ3n) is 7.98. The van der Waals surface area contributed by atoms with Gasteiger partial charge < -0.3 is 15.3 Å². The highest BCUT2D eigenvalue weighted by Crippen LogP contribution is 2.46. The zero-order chi connectivity index (χ0) is 28.7. The predicted molar refractivity (Wildman–Crippen MR) is 145 cm³/mol. The number of aliphatic hydroxyl groups excluding tert-OH is 1. The van der Waals surface area contributed by atoms with Gasteiger partial charge >= 0.3 is 6.18 Å². The molecule has 4 heterocycles. The van der Waals surface area contributed by atoms with Crippen LogP contribution in [-0.4, -0.2) is 91.2 Å². The van der Waals surface area contributed by atoms with Crippen LogP contribution in [0, 0.1) is 12.8 Å². The van der Waals surface area contributed by atoms with E-state index in [1.807, 2.05) is 31.3 Å². The van der Waals surface area contributed by atoms with Crippen molar-refractivity contribution in [2.24, 2.45) is 5.92 Å². The average Bonchev–Trinajstić information content (AvgIpc) is 3.56. The Morgan fingerprint density at radius 2 is 1.90 bits per heavy atom. The fourth-order valence-electron chi connectivity index (χ4n) is 5.34. The Hall–Kier alpha value is -4.04. The molecule has 14 heteroatoms. The number of tetrazole rings is 1. The van der Waals surface area contributed by atoms with Gasteiger partial charge in [0.15, 0.2) is 0 Å². The zero-order valence-electron chi connectivity index (χ0n) is 22.4. The average molecular weight is 570 g/mol. The summed E-state index contributed by atoms with van der Waals surface area (Å²) in [5, 5.41) is 28.8. The maximum atomic E-state index is 13.4. The number of β-amino-alcohol motifs (C(OH)–C–C–N with tert-alkyl or cyclic N) is 1. The Morgan fingerprint density at radius 3 is 2.63 bits per heavy atom. The minimum Gasteiger partial charge on any atom is -0.395 e. The first kappa shape index (κ1) is 27.1. The first-order valence-electron chi connectivity index (χ1n) is 13.5. The Kier molecular flexibility index (Phi) is 7.11. The SMILES string of the molecule is Cc1ccc(-c2nnn(C3CC(C(F)(F)F)C3)n2)cc1NC(=O)c1cnn2ccc(N3CCN(CCO)CC3)cc12. The van der Waals surface area contributed by atoms with Crippen molar-refractivity contribution in [2.75, 3.05) is 49.5 Å². The number of aliphatic hydroxyl groups is 1. The van der Waals surface area contributed by atoms with Crippen LogP contribution < -0.4 is 10.2 Å². The Labute approximate surface area is 233 Å². The number of halogens is 3. The van der Waals surface area contributed by atoms with Crippen molar-refractivity contribution in [3.05, 3.63) is 53.9 Å². The van der Waals surface area contributed by atoms with E-state index in [2.05, 4.69) is 35.6 Å². The Bertz CT molecular complexity index is 1550. The summed E-state index contributed by atoms with van der Waals surface area (Å²) in [6.45, 7) is 6.01. The summed E-state index contributed by atoms with van der Waals surface area (Å²) in [5.41, 5.74) is 4.06. The second kappa shape index (κ2) is 10.7. The lowest BCUT2D eigenvalue weighted by molar-refractivity contribution is -0.203. The van der Waals surface area contributed by atoms with Gasteiger partial charge in [0.25, 0.3) is 5.91 Å². The minimum atomic E-state index is -4.21. The lowest BCUT2D eigenvalue weighted by atomic mass is 9.80. The van der Waals surface area contributed by atoms with Crippen molar-refractivity contribution in [1.82, 2.24) is 34.7 Å². The zero-order valence-corrected chi connectivity index (χ0v) is 22.4. The minimum absolute atomic E-state index is 0.0597. The molecule has 6 rings (SSSR count). The number of fused-ring (bicyclic) bond motifs is 1. The summed E-state index contributed by atoms with van der Waals surface area (Å²) in [4.78, 5) is 19.1. The van der Waals surface area contributed by atoms with Gasteiger partial charge in [0.2, 0.25) is 5.82 Å². The molecule has 1 saturated carbocycles. The number of alkyl halides is 3. The molecule has 2 N–H and O–H groups in total. The molecule has 3 aromatic heterocycles. The quantitative estimate of drug-likeness (QED) is 0.349. The second-order valence-electron chi connectivity index (χ2n) is 10.6. The molecule has 216 valence electrons. The molecule has 11 nitrogen and oxygen atoms in total. The van der Waals surface area contributed by atoms with Crippen molar-refractivity contribution in [3.8, 4) is 11.4 Å². The number of piperazine rings is 1. The summed E-state index contributed by atoms with van der Waals surface area (Å²) in [6.07, 6.45) is -0.956. The van der Waals surface area contributed by atoms with E-state index in [1.165, 1.54) is 11.0 Å². The number of carbonyl (C=O) groups is 1. The number of hydrogen-bond donors (Lipinski definition) is 2. The molecule has 4 aromatic rings. The first-order valence-corrected chi connectivity index (χ1v) is 13.5. The molecule has 2 aliphatic rings. The van der Waals surface area contributed by atoms with Crippen LogP contribution >= 0.6 is 0 Å². The van der Waals surface area contributed by atoms with Gasteiger partial charge in [-0.2, -0.15) is 23.1 Å². The normalized spacial score (nSPS) is 19.9. The van der Waals surface area contributed by atoms with Crippen LogP contribution in [0.2, 0.25) is 0 Å². The van der Waals surface area contributed by atoms with Crippen LogP contribution in [0.15, 0.2) is 42.7 Å². The Balaban J connectivity index is 1.17. The van der Waals surface area contributed by atoms with Crippen LogP contribution in [0.5, 0.6) is 0 Å². The van der Waals surface area contributed by atoms with E-state index in [4.69, 9.17) is 0 Å². The molecular weight excluding hydrogens is 539 g/mol. The fourth-order valence-corrected chi connectivity index (χ4v) is 5.34.